The molecule has 112 valence electrons. The highest BCUT2D eigenvalue weighted by atomic mass is 35.5. The summed E-state index contributed by atoms with van der Waals surface area (Å²) >= 11 is 6.45. The predicted octanol–water partition coefficient (Wildman–Crippen LogP) is 3.95. The Balaban J connectivity index is 1.83. The number of anilines is 1. The number of aryl methyl sites for hydroxylation is 1. The summed E-state index contributed by atoms with van der Waals surface area (Å²) in [6, 6.07) is 6.07. The molecule has 0 saturated carbocycles. The first-order chi connectivity index (χ1) is 10.1. The molecule has 0 radical (unpaired) electrons. The highest BCUT2D eigenvalue weighted by molar-refractivity contribution is 6.35. The number of nitrogens with zero attached hydrogens (tertiary/aromatic N) is 2. The van der Waals surface area contributed by atoms with Crippen LogP contribution in [-0.4, -0.2) is 36.6 Å². The molecule has 1 aliphatic rings. The van der Waals surface area contributed by atoms with E-state index in [2.05, 4.69) is 35.2 Å². The van der Waals surface area contributed by atoms with E-state index in [0.717, 1.165) is 40.3 Å². The molecular formula is C17H22ClN3. The van der Waals surface area contributed by atoms with E-state index in [1.54, 1.807) is 0 Å². The van der Waals surface area contributed by atoms with Crippen molar-refractivity contribution in [3.63, 3.8) is 0 Å². The fourth-order valence-electron chi connectivity index (χ4n) is 3.25. The summed E-state index contributed by atoms with van der Waals surface area (Å²) in [6.07, 6.45) is 4.41. The fourth-order valence-corrected chi connectivity index (χ4v) is 3.58. The van der Waals surface area contributed by atoms with Crippen LogP contribution in [0.1, 0.15) is 18.4 Å². The van der Waals surface area contributed by atoms with Crippen LogP contribution in [0.4, 0.5) is 5.69 Å². The Labute approximate surface area is 131 Å². The van der Waals surface area contributed by atoms with Crippen molar-refractivity contribution in [2.75, 3.05) is 32.0 Å². The van der Waals surface area contributed by atoms with Gasteiger partial charge in [-0.1, -0.05) is 11.6 Å². The standard InChI is InChI=1S/C17H22ClN3/c1-12-9-15(18)17(14-6-3-7-19-16(12)14)20-10-13-5-4-8-21(2)11-13/h3,6-7,9,13,20H,4-5,8,10-11H2,1-2H3. The summed E-state index contributed by atoms with van der Waals surface area (Å²) in [5.41, 5.74) is 3.18. The summed E-state index contributed by atoms with van der Waals surface area (Å²) in [5, 5.41) is 5.48. The maximum Gasteiger partial charge on any atom is 0.0752 e. The third-order valence-electron chi connectivity index (χ3n) is 4.32. The number of rotatable bonds is 3. The first kappa shape index (κ1) is 14.6. The highest BCUT2D eigenvalue weighted by Gasteiger charge is 2.18. The number of nitrogens with one attached hydrogen (secondary N) is 1. The Hall–Kier alpha value is -1.32. The molecular weight excluding hydrogens is 282 g/mol. The summed E-state index contributed by atoms with van der Waals surface area (Å²) in [7, 11) is 2.20. The molecule has 1 aromatic carbocycles. The van der Waals surface area contributed by atoms with Gasteiger partial charge < -0.3 is 10.2 Å². The maximum absolute atomic E-state index is 6.45. The fraction of sp³-hybridized carbons (Fsp3) is 0.471. The second kappa shape index (κ2) is 6.20. The van der Waals surface area contributed by atoms with Crippen LogP contribution in [0.3, 0.4) is 0 Å². The van der Waals surface area contributed by atoms with E-state index in [1.807, 2.05) is 18.3 Å². The average molecular weight is 304 g/mol. The van der Waals surface area contributed by atoms with Gasteiger partial charge in [-0.15, -0.1) is 0 Å². The van der Waals surface area contributed by atoms with E-state index in [1.165, 1.54) is 19.4 Å². The van der Waals surface area contributed by atoms with Crippen molar-refractivity contribution in [2.45, 2.75) is 19.8 Å². The zero-order chi connectivity index (χ0) is 14.8. The van der Waals surface area contributed by atoms with Crippen LogP contribution in [0, 0.1) is 12.8 Å². The molecule has 3 rings (SSSR count). The van der Waals surface area contributed by atoms with E-state index in [4.69, 9.17) is 11.6 Å². The molecule has 1 N–H and O–H groups in total. The van der Waals surface area contributed by atoms with Gasteiger partial charge in [0.05, 0.1) is 16.2 Å². The third kappa shape index (κ3) is 3.14. The number of hydrogen-bond donors (Lipinski definition) is 1. The Kier molecular flexibility index (Phi) is 4.32. The van der Waals surface area contributed by atoms with Gasteiger partial charge in [0.1, 0.15) is 0 Å². The normalized spacial score (nSPS) is 19.9. The number of fused-ring (bicyclic) bond motifs is 1. The van der Waals surface area contributed by atoms with Crippen LogP contribution in [-0.2, 0) is 0 Å². The van der Waals surface area contributed by atoms with Crippen LogP contribution < -0.4 is 5.32 Å². The van der Waals surface area contributed by atoms with E-state index in [9.17, 15) is 0 Å². The van der Waals surface area contributed by atoms with Crippen LogP contribution in [0.25, 0.3) is 10.9 Å². The molecule has 0 spiro atoms. The van der Waals surface area contributed by atoms with Crippen LogP contribution >= 0.6 is 11.6 Å². The zero-order valence-corrected chi connectivity index (χ0v) is 13.5. The molecule has 1 aromatic heterocycles. The topological polar surface area (TPSA) is 28.2 Å². The lowest BCUT2D eigenvalue weighted by atomic mass is 9.98. The number of aromatic nitrogens is 1. The SMILES string of the molecule is Cc1cc(Cl)c(NCC2CCCN(C)C2)c2cccnc12. The minimum absolute atomic E-state index is 0.688. The summed E-state index contributed by atoms with van der Waals surface area (Å²) in [5.74, 6) is 0.688. The summed E-state index contributed by atoms with van der Waals surface area (Å²) in [4.78, 5) is 6.89. The second-order valence-corrected chi connectivity index (χ2v) is 6.51. The van der Waals surface area contributed by atoms with Crippen molar-refractivity contribution in [3.8, 4) is 0 Å². The Morgan fingerprint density at radius 2 is 2.33 bits per heavy atom. The van der Waals surface area contributed by atoms with Gasteiger partial charge in [-0.05, 0) is 63.0 Å². The molecule has 1 aliphatic heterocycles. The molecule has 2 heterocycles. The molecule has 1 fully saturated rings. The summed E-state index contributed by atoms with van der Waals surface area (Å²) in [6.45, 7) is 5.40. The van der Waals surface area contributed by atoms with Gasteiger partial charge in [0.15, 0.2) is 0 Å². The van der Waals surface area contributed by atoms with Gasteiger partial charge in [0, 0.05) is 24.7 Å². The van der Waals surface area contributed by atoms with E-state index in [-0.39, 0.29) is 0 Å². The minimum Gasteiger partial charge on any atom is -0.383 e. The largest absolute Gasteiger partial charge is 0.383 e. The molecule has 3 nitrogen and oxygen atoms in total. The monoisotopic (exact) mass is 303 g/mol. The number of piperidine rings is 1. The molecule has 0 amide bonds. The molecule has 0 bridgehead atoms. The second-order valence-electron chi connectivity index (χ2n) is 6.10. The number of likely N-dealkylation sites (tertiary alicyclic amines) is 1. The highest BCUT2D eigenvalue weighted by Crippen LogP contribution is 2.33. The average Bonchev–Trinajstić information content (AvgIpc) is 2.47. The number of halogens is 1. The molecule has 1 atom stereocenters. The van der Waals surface area contributed by atoms with Crippen molar-refractivity contribution >= 4 is 28.2 Å². The maximum atomic E-state index is 6.45. The van der Waals surface area contributed by atoms with Gasteiger partial charge in [0.25, 0.3) is 0 Å². The first-order valence-corrected chi connectivity index (χ1v) is 7.99. The molecule has 0 aliphatic carbocycles. The smallest absolute Gasteiger partial charge is 0.0752 e. The zero-order valence-electron chi connectivity index (χ0n) is 12.7. The summed E-state index contributed by atoms with van der Waals surface area (Å²) < 4.78 is 0. The molecule has 21 heavy (non-hydrogen) atoms. The Morgan fingerprint density at radius 1 is 1.48 bits per heavy atom. The predicted molar refractivity (Wildman–Crippen MR) is 90.2 cm³/mol. The lowest BCUT2D eigenvalue weighted by Crippen LogP contribution is -2.35. The number of benzene rings is 1. The van der Waals surface area contributed by atoms with Gasteiger partial charge in [-0.3, -0.25) is 4.98 Å². The van der Waals surface area contributed by atoms with Gasteiger partial charge in [-0.2, -0.15) is 0 Å². The minimum atomic E-state index is 0.688. The van der Waals surface area contributed by atoms with Crippen molar-refractivity contribution in [3.05, 3.63) is 35.0 Å². The molecule has 1 saturated heterocycles. The van der Waals surface area contributed by atoms with Gasteiger partial charge >= 0.3 is 0 Å². The van der Waals surface area contributed by atoms with Crippen molar-refractivity contribution in [1.29, 1.82) is 0 Å². The van der Waals surface area contributed by atoms with E-state index < -0.39 is 0 Å². The lowest BCUT2D eigenvalue weighted by molar-refractivity contribution is 0.217. The van der Waals surface area contributed by atoms with Gasteiger partial charge in [0.2, 0.25) is 0 Å². The van der Waals surface area contributed by atoms with Crippen LogP contribution in [0.5, 0.6) is 0 Å². The Bertz CT molecular complexity index is 641. The van der Waals surface area contributed by atoms with Crippen molar-refractivity contribution < 1.29 is 0 Å². The number of hydrogen-bond acceptors (Lipinski definition) is 3. The third-order valence-corrected chi connectivity index (χ3v) is 4.62. The lowest BCUT2D eigenvalue weighted by Gasteiger charge is -2.30. The van der Waals surface area contributed by atoms with Crippen LogP contribution in [0.2, 0.25) is 5.02 Å². The number of pyridine rings is 1. The first-order valence-electron chi connectivity index (χ1n) is 7.61. The van der Waals surface area contributed by atoms with E-state index in [0.29, 0.717) is 5.92 Å². The van der Waals surface area contributed by atoms with Crippen LogP contribution in [0.15, 0.2) is 24.4 Å². The quantitative estimate of drug-likeness (QED) is 0.930. The van der Waals surface area contributed by atoms with Crippen molar-refractivity contribution in [1.82, 2.24) is 9.88 Å². The molecule has 2 aromatic rings. The van der Waals surface area contributed by atoms with Gasteiger partial charge in [-0.25, -0.2) is 0 Å². The van der Waals surface area contributed by atoms with Crippen molar-refractivity contribution in [2.24, 2.45) is 5.92 Å². The molecule has 1 unspecified atom stereocenters. The Morgan fingerprint density at radius 3 is 3.14 bits per heavy atom. The van der Waals surface area contributed by atoms with E-state index >= 15 is 0 Å². The molecule has 4 heteroatoms.